The number of rotatable bonds is 0. The van der Waals surface area contributed by atoms with Gasteiger partial charge in [0.05, 0.1) is 11.4 Å². The molecule has 0 radical (unpaired) electrons. The molecule has 2 aliphatic heterocycles. The van der Waals surface area contributed by atoms with Crippen molar-refractivity contribution in [2.75, 3.05) is 16.8 Å². The quantitative estimate of drug-likeness (QED) is 0.687. The van der Waals surface area contributed by atoms with E-state index in [1.54, 1.807) is 0 Å². The Hall–Kier alpha value is -1.51. The van der Waals surface area contributed by atoms with E-state index >= 15 is 0 Å². The number of nitrogens with one attached hydrogen (secondary N) is 1. The lowest BCUT2D eigenvalue weighted by atomic mass is 10.1. The molecule has 76 valence electrons. The fourth-order valence-electron chi connectivity index (χ4n) is 3.09. The predicted octanol–water partition coefficient (Wildman–Crippen LogP) is 1.46. The number of anilines is 2. The Morgan fingerprint density at radius 3 is 3.13 bits per heavy atom. The van der Waals surface area contributed by atoms with E-state index < -0.39 is 0 Å². The molecule has 15 heavy (non-hydrogen) atoms. The average molecular weight is 200 g/mol. The molecule has 1 aliphatic carbocycles. The molecule has 2 fully saturated rings. The van der Waals surface area contributed by atoms with Crippen LogP contribution < -0.4 is 10.2 Å². The fraction of sp³-hybridized carbons (Fsp3) is 0.417. The molecule has 1 saturated carbocycles. The first-order chi connectivity index (χ1) is 7.34. The second-order valence-corrected chi connectivity index (χ2v) is 4.76. The number of benzene rings is 1. The van der Waals surface area contributed by atoms with Gasteiger partial charge in [0.25, 0.3) is 0 Å². The van der Waals surface area contributed by atoms with E-state index in [2.05, 4.69) is 16.3 Å². The van der Waals surface area contributed by atoms with E-state index in [1.165, 1.54) is 12.1 Å². The van der Waals surface area contributed by atoms with Crippen LogP contribution in [0.4, 0.5) is 11.4 Å². The smallest absolute Gasteiger partial charge is 0.247 e. The lowest BCUT2D eigenvalue weighted by Crippen LogP contribution is -2.46. The molecule has 1 N–H and O–H groups in total. The fourth-order valence-corrected chi connectivity index (χ4v) is 3.09. The summed E-state index contributed by atoms with van der Waals surface area (Å²) < 4.78 is 0. The zero-order valence-electron chi connectivity index (χ0n) is 8.31. The lowest BCUT2D eigenvalue weighted by molar-refractivity contribution is -0.117. The molecule has 2 heterocycles. The maximum atomic E-state index is 11.9. The van der Waals surface area contributed by atoms with Crippen molar-refractivity contribution in [3.05, 3.63) is 24.3 Å². The Kier molecular flexibility index (Phi) is 1.21. The van der Waals surface area contributed by atoms with Crippen molar-refractivity contribution in [3.63, 3.8) is 0 Å². The molecule has 4 rings (SSSR count). The zero-order chi connectivity index (χ0) is 9.99. The zero-order valence-corrected chi connectivity index (χ0v) is 8.31. The van der Waals surface area contributed by atoms with Gasteiger partial charge in [-0.15, -0.1) is 0 Å². The van der Waals surface area contributed by atoms with Crippen molar-refractivity contribution < 1.29 is 4.79 Å². The van der Waals surface area contributed by atoms with Gasteiger partial charge in [-0.25, -0.2) is 0 Å². The molecule has 3 unspecified atom stereocenters. The highest BCUT2D eigenvalue weighted by molar-refractivity contribution is 6.04. The molecule has 3 aliphatic rings. The number of carbonyl (C=O) groups is 1. The van der Waals surface area contributed by atoms with Gasteiger partial charge in [-0.05, 0) is 30.4 Å². The standard InChI is InChI=1S/C12H12N2O/c15-12-11-8-5-7(8)6-14(11)10-4-2-1-3-9(10)13-12/h1-4,7-8,11H,5-6H2,(H,13,15). The van der Waals surface area contributed by atoms with Crippen LogP contribution in [-0.4, -0.2) is 18.5 Å². The van der Waals surface area contributed by atoms with Crippen LogP contribution in [-0.2, 0) is 4.79 Å². The third-order valence-electron chi connectivity index (χ3n) is 3.89. The largest absolute Gasteiger partial charge is 0.357 e. The van der Waals surface area contributed by atoms with Gasteiger partial charge in [0.2, 0.25) is 5.91 Å². The Balaban J connectivity index is 1.86. The van der Waals surface area contributed by atoms with Gasteiger partial charge in [-0.1, -0.05) is 12.1 Å². The van der Waals surface area contributed by atoms with Crippen molar-refractivity contribution in [1.29, 1.82) is 0 Å². The van der Waals surface area contributed by atoms with Crippen LogP contribution in [0.3, 0.4) is 0 Å². The highest BCUT2D eigenvalue weighted by Crippen LogP contribution is 2.53. The van der Waals surface area contributed by atoms with Crippen LogP contribution in [0.2, 0.25) is 0 Å². The first-order valence-electron chi connectivity index (χ1n) is 5.51. The third kappa shape index (κ3) is 0.881. The van der Waals surface area contributed by atoms with Crippen LogP contribution in [0.1, 0.15) is 6.42 Å². The van der Waals surface area contributed by atoms with Crippen molar-refractivity contribution in [2.24, 2.45) is 11.8 Å². The first kappa shape index (κ1) is 7.74. The average Bonchev–Trinajstić information content (AvgIpc) is 2.89. The van der Waals surface area contributed by atoms with E-state index in [-0.39, 0.29) is 11.9 Å². The number of hydrogen-bond donors (Lipinski definition) is 1. The van der Waals surface area contributed by atoms with Gasteiger partial charge in [0.15, 0.2) is 0 Å². The van der Waals surface area contributed by atoms with Crippen molar-refractivity contribution >= 4 is 17.3 Å². The Labute approximate surface area is 88.1 Å². The molecule has 1 amide bonds. The van der Waals surface area contributed by atoms with Gasteiger partial charge in [-0.3, -0.25) is 4.79 Å². The second kappa shape index (κ2) is 2.35. The number of nitrogens with zero attached hydrogens (tertiary/aromatic N) is 1. The summed E-state index contributed by atoms with van der Waals surface area (Å²) in [5.74, 6) is 1.59. The Morgan fingerprint density at radius 1 is 1.33 bits per heavy atom. The maximum Gasteiger partial charge on any atom is 0.247 e. The Morgan fingerprint density at radius 2 is 2.20 bits per heavy atom. The van der Waals surface area contributed by atoms with Crippen LogP contribution in [0, 0.1) is 11.8 Å². The molecule has 3 nitrogen and oxygen atoms in total. The van der Waals surface area contributed by atoms with Crippen LogP contribution in [0.15, 0.2) is 24.3 Å². The highest BCUT2D eigenvalue weighted by atomic mass is 16.2. The van der Waals surface area contributed by atoms with E-state index in [4.69, 9.17) is 0 Å². The number of hydrogen-bond acceptors (Lipinski definition) is 2. The molecular formula is C12H12N2O. The van der Waals surface area contributed by atoms with E-state index in [0.717, 1.165) is 18.2 Å². The van der Waals surface area contributed by atoms with Crippen molar-refractivity contribution in [1.82, 2.24) is 0 Å². The van der Waals surface area contributed by atoms with Crippen LogP contribution in [0.25, 0.3) is 0 Å². The lowest BCUT2D eigenvalue weighted by Gasteiger charge is -2.34. The second-order valence-electron chi connectivity index (χ2n) is 4.76. The normalized spacial score (nSPS) is 35.3. The summed E-state index contributed by atoms with van der Waals surface area (Å²) in [7, 11) is 0. The SMILES string of the molecule is O=C1Nc2ccccc2N2CC3CC3C12. The summed E-state index contributed by atoms with van der Waals surface area (Å²) in [6.07, 6.45) is 1.25. The minimum atomic E-state index is 0.116. The summed E-state index contributed by atoms with van der Waals surface area (Å²) in [6.45, 7) is 1.07. The molecule has 1 saturated heterocycles. The molecule has 0 bridgehead atoms. The van der Waals surface area contributed by atoms with Gasteiger partial charge in [-0.2, -0.15) is 0 Å². The number of piperidine rings is 1. The molecule has 0 aromatic heterocycles. The predicted molar refractivity (Wildman–Crippen MR) is 57.8 cm³/mol. The molecule has 1 aromatic carbocycles. The highest BCUT2D eigenvalue weighted by Gasteiger charge is 2.57. The summed E-state index contributed by atoms with van der Waals surface area (Å²) in [5.41, 5.74) is 2.18. The molecule has 0 spiro atoms. The minimum Gasteiger partial charge on any atom is -0.357 e. The molecular weight excluding hydrogens is 188 g/mol. The summed E-state index contributed by atoms with van der Waals surface area (Å²) in [6, 6.07) is 8.21. The summed E-state index contributed by atoms with van der Waals surface area (Å²) in [5, 5.41) is 3.01. The number of fused-ring (bicyclic) bond motifs is 5. The van der Waals surface area contributed by atoms with E-state index in [1.807, 2.05) is 18.2 Å². The molecule has 1 aromatic rings. The molecule has 3 atom stereocenters. The van der Waals surface area contributed by atoms with Crippen LogP contribution >= 0.6 is 0 Å². The number of amides is 1. The number of para-hydroxylation sites is 2. The molecule has 3 heteroatoms. The maximum absolute atomic E-state index is 11.9. The van der Waals surface area contributed by atoms with Gasteiger partial charge in [0.1, 0.15) is 6.04 Å². The van der Waals surface area contributed by atoms with E-state index in [0.29, 0.717) is 5.92 Å². The third-order valence-corrected chi connectivity index (χ3v) is 3.89. The topological polar surface area (TPSA) is 32.3 Å². The first-order valence-corrected chi connectivity index (χ1v) is 5.51. The monoisotopic (exact) mass is 200 g/mol. The van der Waals surface area contributed by atoms with E-state index in [9.17, 15) is 4.79 Å². The summed E-state index contributed by atoms with van der Waals surface area (Å²) in [4.78, 5) is 14.2. The van der Waals surface area contributed by atoms with Gasteiger partial charge < -0.3 is 10.2 Å². The van der Waals surface area contributed by atoms with Gasteiger partial charge in [0, 0.05) is 6.54 Å². The van der Waals surface area contributed by atoms with Gasteiger partial charge >= 0.3 is 0 Å². The number of carbonyl (C=O) groups excluding carboxylic acids is 1. The Bertz CT molecular complexity index is 457. The van der Waals surface area contributed by atoms with Crippen LogP contribution in [0.5, 0.6) is 0 Å². The minimum absolute atomic E-state index is 0.116. The van der Waals surface area contributed by atoms with Crippen molar-refractivity contribution in [3.8, 4) is 0 Å². The van der Waals surface area contributed by atoms with Crippen molar-refractivity contribution in [2.45, 2.75) is 12.5 Å². The summed E-state index contributed by atoms with van der Waals surface area (Å²) >= 11 is 0.